The molecule has 0 unspecified atom stereocenters. The standard InChI is InChI=1S/C15H17N3O2S/c1-20-12-5-3-2-4-10(12)14(19)18-15-17-11-7-6-9(16)8-13(11)21-15/h2-5,9H,6-8,16H2,1H3,(H,17,18,19)/t9-/m0/s1. The van der Waals surface area contributed by atoms with E-state index in [4.69, 9.17) is 10.5 Å². The van der Waals surface area contributed by atoms with Gasteiger partial charge in [-0.05, 0) is 31.4 Å². The van der Waals surface area contributed by atoms with Crippen LogP contribution in [0, 0.1) is 0 Å². The molecule has 2 aromatic rings. The van der Waals surface area contributed by atoms with Crippen molar-refractivity contribution in [3.05, 3.63) is 40.4 Å². The molecule has 0 saturated carbocycles. The molecule has 0 radical (unpaired) electrons. The molecule has 21 heavy (non-hydrogen) atoms. The van der Waals surface area contributed by atoms with Crippen LogP contribution in [0.15, 0.2) is 24.3 Å². The van der Waals surface area contributed by atoms with E-state index in [2.05, 4.69) is 10.3 Å². The molecule has 0 fully saturated rings. The van der Waals surface area contributed by atoms with Crippen LogP contribution >= 0.6 is 11.3 Å². The Morgan fingerprint density at radius 2 is 2.29 bits per heavy atom. The molecule has 1 amide bonds. The summed E-state index contributed by atoms with van der Waals surface area (Å²) in [4.78, 5) is 18.0. The molecule has 0 saturated heterocycles. The van der Waals surface area contributed by atoms with Crippen LogP contribution in [-0.4, -0.2) is 24.0 Å². The van der Waals surface area contributed by atoms with Gasteiger partial charge in [0.15, 0.2) is 5.13 Å². The van der Waals surface area contributed by atoms with Crippen LogP contribution in [0.1, 0.15) is 27.3 Å². The number of nitrogens with one attached hydrogen (secondary N) is 1. The number of carbonyl (C=O) groups excluding carboxylic acids is 1. The van der Waals surface area contributed by atoms with E-state index in [1.807, 2.05) is 12.1 Å². The first-order chi connectivity index (χ1) is 10.2. The Balaban J connectivity index is 1.79. The van der Waals surface area contributed by atoms with E-state index < -0.39 is 0 Å². The highest BCUT2D eigenvalue weighted by atomic mass is 32.1. The van der Waals surface area contributed by atoms with Crippen molar-refractivity contribution in [1.29, 1.82) is 0 Å². The van der Waals surface area contributed by atoms with E-state index >= 15 is 0 Å². The molecule has 110 valence electrons. The van der Waals surface area contributed by atoms with Gasteiger partial charge in [-0.15, -0.1) is 11.3 Å². The van der Waals surface area contributed by atoms with Gasteiger partial charge >= 0.3 is 0 Å². The predicted molar refractivity (Wildman–Crippen MR) is 83.1 cm³/mol. The van der Waals surface area contributed by atoms with Crippen molar-refractivity contribution >= 4 is 22.4 Å². The maximum absolute atomic E-state index is 12.3. The lowest BCUT2D eigenvalue weighted by molar-refractivity contribution is 0.102. The van der Waals surface area contributed by atoms with Crippen LogP contribution in [0.2, 0.25) is 0 Å². The molecule has 0 spiro atoms. The van der Waals surface area contributed by atoms with Crippen molar-refractivity contribution in [3.63, 3.8) is 0 Å². The number of benzene rings is 1. The molecule has 5 nitrogen and oxygen atoms in total. The number of para-hydroxylation sites is 1. The Morgan fingerprint density at radius 1 is 1.48 bits per heavy atom. The monoisotopic (exact) mass is 303 g/mol. The molecule has 1 aromatic carbocycles. The Morgan fingerprint density at radius 3 is 3.10 bits per heavy atom. The average Bonchev–Trinajstić information content (AvgIpc) is 2.88. The normalized spacial score (nSPS) is 17.1. The van der Waals surface area contributed by atoms with Gasteiger partial charge in [0.25, 0.3) is 5.91 Å². The summed E-state index contributed by atoms with van der Waals surface area (Å²) in [5, 5.41) is 3.48. The number of nitrogens with two attached hydrogens (primary N) is 1. The summed E-state index contributed by atoms with van der Waals surface area (Å²) in [7, 11) is 1.55. The lowest BCUT2D eigenvalue weighted by Gasteiger charge is -2.15. The lowest BCUT2D eigenvalue weighted by atomic mass is 9.99. The third kappa shape index (κ3) is 2.91. The number of thiazole rings is 1. The van der Waals surface area contributed by atoms with Gasteiger partial charge in [-0.25, -0.2) is 4.98 Å². The van der Waals surface area contributed by atoms with Crippen LogP contribution in [0.4, 0.5) is 5.13 Å². The highest BCUT2D eigenvalue weighted by molar-refractivity contribution is 7.15. The molecule has 0 aliphatic heterocycles. The number of rotatable bonds is 3. The minimum atomic E-state index is -0.206. The van der Waals surface area contributed by atoms with Crippen molar-refractivity contribution in [2.24, 2.45) is 5.73 Å². The third-order valence-electron chi connectivity index (χ3n) is 3.55. The zero-order valence-electron chi connectivity index (χ0n) is 11.8. The number of aromatic nitrogens is 1. The van der Waals surface area contributed by atoms with Gasteiger partial charge in [0, 0.05) is 10.9 Å². The summed E-state index contributed by atoms with van der Waals surface area (Å²) in [5.41, 5.74) is 7.54. The fraction of sp³-hybridized carbons (Fsp3) is 0.333. The zero-order valence-corrected chi connectivity index (χ0v) is 12.6. The van der Waals surface area contributed by atoms with E-state index in [9.17, 15) is 4.79 Å². The van der Waals surface area contributed by atoms with Crippen molar-refractivity contribution in [1.82, 2.24) is 4.98 Å². The van der Waals surface area contributed by atoms with Gasteiger partial charge in [0.2, 0.25) is 0 Å². The molecular weight excluding hydrogens is 286 g/mol. The van der Waals surface area contributed by atoms with Crippen LogP contribution in [0.3, 0.4) is 0 Å². The minimum Gasteiger partial charge on any atom is -0.496 e. The molecule has 0 bridgehead atoms. The number of hydrogen-bond acceptors (Lipinski definition) is 5. The summed E-state index contributed by atoms with van der Waals surface area (Å²) < 4.78 is 5.21. The molecular formula is C15H17N3O2S. The number of anilines is 1. The predicted octanol–water partition coefficient (Wildman–Crippen LogP) is 2.22. The van der Waals surface area contributed by atoms with Gasteiger partial charge in [0.05, 0.1) is 18.4 Å². The number of fused-ring (bicyclic) bond motifs is 1. The minimum absolute atomic E-state index is 0.204. The molecule has 1 aliphatic carbocycles. The summed E-state index contributed by atoms with van der Waals surface area (Å²) in [6.07, 6.45) is 2.69. The fourth-order valence-corrected chi connectivity index (χ4v) is 3.55. The molecule has 1 aromatic heterocycles. The Hall–Kier alpha value is -1.92. The highest BCUT2D eigenvalue weighted by Gasteiger charge is 2.21. The van der Waals surface area contributed by atoms with E-state index in [1.54, 1.807) is 19.2 Å². The van der Waals surface area contributed by atoms with Gasteiger partial charge < -0.3 is 10.5 Å². The summed E-state index contributed by atoms with van der Waals surface area (Å²) >= 11 is 1.51. The van der Waals surface area contributed by atoms with Gasteiger partial charge in [-0.2, -0.15) is 0 Å². The van der Waals surface area contributed by atoms with Crippen molar-refractivity contribution in [2.75, 3.05) is 12.4 Å². The number of nitrogens with zero attached hydrogens (tertiary/aromatic N) is 1. The van der Waals surface area contributed by atoms with Crippen LogP contribution < -0.4 is 15.8 Å². The molecule has 3 N–H and O–H groups in total. The number of carbonyl (C=O) groups is 1. The maximum atomic E-state index is 12.3. The summed E-state index contributed by atoms with van der Waals surface area (Å²) in [6, 6.07) is 7.34. The first-order valence-electron chi connectivity index (χ1n) is 6.86. The van der Waals surface area contributed by atoms with E-state index in [0.717, 1.165) is 25.0 Å². The topological polar surface area (TPSA) is 77.2 Å². The average molecular weight is 303 g/mol. The van der Waals surface area contributed by atoms with Crippen molar-refractivity contribution in [2.45, 2.75) is 25.3 Å². The fourth-order valence-electron chi connectivity index (χ4n) is 2.45. The van der Waals surface area contributed by atoms with Gasteiger partial charge in [-0.3, -0.25) is 10.1 Å². The Bertz CT molecular complexity index is 669. The quantitative estimate of drug-likeness (QED) is 0.911. The van der Waals surface area contributed by atoms with Crippen LogP contribution in [0.25, 0.3) is 0 Å². The van der Waals surface area contributed by atoms with E-state index in [-0.39, 0.29) is 11.9 Å². The van der Waals surface area contributed by atoms with Gasteiger partial charge in [0.1, 0.15) is 5.75 Å². The number of ether oxygens (including phenoxy) is 1. The van der Waals surface area contributed by atoms with Gasteiger partial charge in [-0.1, -0.05) is 12.1 Å². The number of amides is 1. The Labute approximate surface area is 127 Å². The SMILES string of the molecule is COc1ccccc1C(=O)Nc1nc2c(s1)C[C@@H](N)CC2. The first kappa shape index (κ1) is 14.0. The van der Waals surface area contributed by atoms with Crippen LogP contribution in [0.5, 0.6) is 5.75 Å². The molecule has 3 rings (SSSR count). The number of hydrogen-bond donors (Lipinski definition) is 2. The zero-order chi connectivity index (χ0) is 14.8. The molecule has 1 atom stereocenters. The smallest absolute Gasteiger partial charge is 0.261 e. The van der Waals surface area contributed by atoms with Crippen LogP contribution in [-0.2, 0) is 12.8 Å². The first-order valence-corrected chi connectivity index (χ1v) is 7.67. The molecule has 1 aliphatic rings. The van der Waals surface area contributed by atoms with E-state index in [0.29, 0.717) is 16.4 Å². The maximum Gasteiger partial charge on any atom is 0.261 e. The third-order valence-corrected chi connectivity index (χ3v) is 4.59. The second kappa shape index (κ2) is 5.83. The van der Waals surface area contributed by atoms with E-state index in [1.165, 1.54) is 16.2 Å². The second-order valence-corrected chi connectivity index (χ2v) is 6.13. The number of methoxy groups -OCH3 is 1. The molecule has 1 heterocycles. The largest absolute Gasteiger partial charge is 0.496 e. The second-order valence-electron chi connectivity index (χ2n) is 5.05. The lowest BCUT2D eigenvalue weighted by Crippen LogP contribution is -2.27. The number of aryl methyl sites for hydroxylation is 1. The summed E-state index contributed by atoms with van der Waals surface area (Å²) in [5.74, 6) is 0.348. The molecule has 6 heteroatoms. The van der Waals surface area contributed by atoms with Crippen molar-refractivity contribution in [3.8, 4) is 5.75 Å². The summed E-state index contributed by atoms with van der Waals surface area (Å²) in [6.45, 7) is 0. The Kier molecular flexibility index (Phi) is 3.90. The van der Waals surface area contributed by atoms with Crippen molar-refractivity contribution < 1.29 is 9.53 Å². The highest BCUT2D eigenvalue weighted by Crippen LogP contribution is 2.30.